The minimum Gasteiger partial charge on any atom is -0.395 e. The molecule has 4 aromatic carbocycles. The van der Waals surface area contributed by atoms with Crippen LogP contribution < -0.4 is 10.0 Å². The van der Waals surface area contributed by atoms with Gasteiger partial charge in [0, 0.05) is 31.3 Å². The molecule has 0 fully saturated rings. The molecular formula is C36H34N4O3S2. The lowest BCUT2D eigenvalue weighted by Gasteiger charge is -2.31. The molecule has 3 N–H and O–H groups in total. The Balaban J connectivity index is 1.30. The zero-order valence-electron chi connectivity index (χ0n) is 24.9. The summed E-state index contributed by atoms with van der Waals surface area (Å²) < 4.78 is 30.9. The fourth-order valence-electron chi connectivity index (χ4n) is 5.47. The number of thiazole rings is 1. The highest BCUT2D eigenvalue weighted by molar-refractivity contribution is 7.94. The van der Waals surface area contributed by atoms with Crippen LogP contribution in [0.4, 0.5) is 5.69 Å². The number of hydrogen-bond donors (Lipinski definition) is 3. The van der Waals surface area contributed by atoms with E-state index in [0.717, 1.165) is 38.2 Å². The maximum Gasteiger partial charge on any atom is 0.273 e. The van der Waals surface area contributed by atoms with E-state index in [4.69, 9.17) is 4.98 Å². The van der Waals surface area contributed by atoms with E-state index in [9.17, 15) is 13.5 Å². The third-order valence-electron chi connectivity index (χ3n) is 7.82. The largest absolute Gasteiger partial charge is 0.395 e. The SMILES string of the molecule is CC(NCCO)(c1ccc(NS(=O)(=O)c2sc(Cc3ccccc3)nc2Cc2ccc3ccccc3c2)cc1)c1ccccn1. The van der Waals surface area contributed by atoms with Gasteiger partial charge < -0.3 is 10.4 Å². The van der Waals surface area contributed by atoms with Gasteiger partial charge >= 0.3 is 0 Å². The van der Waals surface area contributed by atoms with E-state index in [1.807, 2.05) is 85.8 Å². The summed E-state index contributed by atoms with van der Waals surface area (Å²) >= 11 is 1.21. The molecule has 0 aliphatic rings. The van der Waals surface area contributed by atoms with Crippen LogP contribution in [0.5, 0.6) is 0 Å². The second-order valence-electron chi connectivity index (χ2n) is 11.0. The van der Waals surface area contributed by atoms with Gasteiger partial charge in [-0.05, 0) is 58.7 Å². The van der Waals surface area contributed by atoms with Crippen LogP contribution in [0.15, 0.2) is 126 Å². The second-order valence-corrected chi connectivity index (χ2v) is 14.0. The van der Waals surface area contributed by atoms with Crippen LogP contribution in [0.2, 0.25) is 0 Å². The topological polar surface area (TPSA) is 104 Å². The first kappa shape index (κ1) is 30.6. The van der Waals surface area contributed by atoms with E-state index in [0.29, 0.717) is 30.8 Å². The highest BCUT2D eigenvalue weighted by Crippen LogP contribution is 2.32. The van der Waals surface area contributed by atoms with Gasteiger partial charge in [0.25, 0.3) is 10.0 Å². The third kappa shape index (κ3) is 6.97. The first-order chi connectivity index (χ1) is 21.8. The number of hydrogen-bond acceptors (Lipinski definition) is 7. The number of benzene rings is 4. The average Bonchev–Trinajstić information content (AvgIpc) is 3.47. The van der Waals surface area contributed by atoms with Crippen LogP contribution >= 0.6 is 11.3 Å². The van der Waals surface area contributed by atoms with Crippen LogP contribution in [-0.4, -0.2) is 36.6 Å². The van der Waals surface area contributed by atoms with Crippen molar-refractivity contribution in [1.29, 1.82) is 0 Å². The van der Waals surface area contributed by atoms with E-state index in [1.54, 1.807) is 18.3 Å². The van der Waals surface area contributed by atoms with Crippen molar-refractivity contribution in [2.45, 2.75) is 29.5 Å². The number of aliphatic hydroxyl groups excluding tert-OH is 1. The van der Waals surface area contributed by atoms with E-state index in [2.05, 4.69) is 39.3 Å². The highest BCUT2D eigenvalue weighted by Gasteiger charge is 2.30. The van der Waals surface area contributed by atoms with Gasteiger partial charge in [-0.15, -0.1) is 11.3 Å². The summed E-state index contributed by atoms with van der Waals surface area (Å²) in [7, 11) is -3.95. The van der Waals surface area contributed by atoms with Crippen molar-refractivity contribution in [2.75, 3.05) is 17.9 Å². The van der Waals surface area contributed by atoms with E-state index < -0.39 is 15.6 Å². The molecule has 0 saturated carbocycles. The molecule has 45 heavy (non-hydrogen) atoms. The predicted molar refractivity (Wildman–Crippen MR) is 181 cm³/mol. The summed E-state index contributed by atoms with van der Waals surface area (Å²) in [5.74, 6) is 0. The molecule has 0 bridgehead atoms. The number of aliphatic hydroxyl groups is 1. The predicted octanol–water partition coefficient (Wildman–Crippen LogP) is 6.52. The van der Waals surface area contributed by atoms with Gasteiger partial charge in [-0.2, -0.15) is 0 Å². The fraction of sp³-hybridized carbons (Fsp3) is 0.167. The van der Waals surface area contributed by atoms with Crippen molar-refractivity contribution in [3.05, 3.63) is 155 Å². The Morgan fingerprint density at radius 3 is 2.27 bits per heavy atom. The monoisotopic (exact) mass is 634 g/mol. The van der Waals surface area contributed by atoms with Gasteiger partial charge in [0.2, 0.25) is 0 Å². The van der Waals surface area contributed by atoms with E-state index in [-0.39, 0.29) is 10.8 Å². The van der Waals surface area contributed by atoms with Gasteiger partial charge in [0.05, 0.1) is 28.5 Å². The van der Waals surface area contributed by atoms with Crippen LogP contribution in [0, 0.1) is 0 Å². The quantitative estimate of drug-likeness (QED) is 0.142. The van der Waals surface area contributed by atoms with Crippen LogP contribution in [0.3, 0.4) is 0 Å². The van der Waals surface area contributed by atoms with Crippen molar-refractivity contribution >= 4 is 37.8 Å². The number of nitrogens with one attached hydrogen (secondary N) is 2. The molecule has 0 spiro atoms. The highest BCUT2D eigenvalue weighted by atomic mass is 32.2. The van der Waals surface area contributed by atoms with Gasteiger partial charge in [0.15, 0.2) is 4.21 Å². The molecule has 6 aromatic rings. The van der Waals surface area contributed by atoms with E-state index >= 15 is 0 Å². The third-order valence-corrected chi connectivity index (χ3v) is 10.8. The molecular weight excluding hydrogens is 601 g/mol. The molecule has 0 saturated heterocycles. The van der Waals surface area contributed by atoms with Crippen molar-refractivity contribution in [3.63, 3.8) is 0 Å². The standard InChI is InChI=1S/C36H34N4O3S2/c1-36(38-21-22-41,33-13-7-8-20-37-33)30-16-18-31(19-17-30)40-45(42,43)35-32(39-34(44-35)25-26-9-3-2-4-10-26)24-27-14-15-28-11-5-6-12-29(28)23-27/h2-20,23,38,40-41H,21-22,24-25H2,1H3. The lowest BCUT2D eigenvalue weighted by atomic mass is 9.88. The number of pyridine rings is 1. The Labute approximate surface area is 267 Å². The summed E-state index contributed by atoms with van der Waals surface area (Å²) in [5.41, 5.74) is 4.04. The number of rotatable bonds is 12. The zero-order chi connectivity index (χ0) is 31.3. The van der Waals surface area contributed by atoms with Gasteiger partial charge in [-0.3, -0.25) is 9.71 Å². The Kier molecular flexibility index (Phi) is 9.04. The molecule has 0 aliphatic heterocycles. The number of sulfonamides is 1. The van der Waals surface area contributed by atoms with Gasteiger partial charge in [-0.1, -0.05) is 91.0 Å². The van der Waals surface area contributed by atoms with Crippen LogP contribution in [-0.2, 0) is 28.4 Å². The molecule has 228 valence electrons. The molecule has 9 heteroatoms. The molecule has 0 amide bonds. The van der Waals surface area contributed by atoms with Gasteiger partial charge in [-0.25, -0.2) is 13.4 Å². The molecule has 7 nitrogen and oxygen atoms in total. The first-order valence-corrected chi connectivity index (χ1v) is 17.0. The summed E-state index contributed by atoms with van der Waals surface area (Å²) in [6.45, 7) is 2.34. The Morgan fingerprint density at radius 1 is 0.800 bits per heavy atom. The normalized spacial score (nSPS) is 13.0. The Morgan fingerprint density at radius 2 is 1.53 bits per heavy atom. The maximum absolute atomic E-state index is 13.9. The minimum absolute atomic E-state index is 0.0248. The molecule has 1 unspecified atom stereocenters. The number of nitrogens with zero attached hydrogens (tertiary/aromatic N) is 2. The molecule has 2 heterocycles. The fourth-order valence-corrected chi connectivity index (χ4v) is 8.14. The maximum atomic E-state index is 13.9. The van der Waals surface area contributed by atoms with Crippen LogP contribution in [0.1, 0.15) is 40.0 Å². The number of anilines is 1. The zero-order valence-corrected chi connectivity index (χ0v) is 26.5. The Hall–Kier alpha value is -4.41. The first-order valence-electron chi connectivity index (χ1n) is 14.7. The average molecular weight is 635 g/mol. The molecule has 6 rings (SSSR count). The lowest BCUT2D eigenvalue weighted by Crippen LogP contribution is -2.42. The molecule has 2 aromatic heterocycles. The minimum atomic E-state index is -3.95. The van der Waals surface area contributed by atoms with Gasteiger partial charge in [0.1, 0.15) is 0 Å². The number of fused-ring (bicyclic) bond motifs is 1. The second kappa shape index (κ2) is 13.3. The smallest absolute Gasteiger partial charge is 0.273 e. The van der Waals surface area contributed by atoms with E-state index in [1.165, 1.54) is 11.3 Å². The molecule has 0 radical (unpaired) electrons. The lowest BCUT2D eigenvalue weighted by molar-refractivity contribution is 0.271. The molecule has 0 aliphatic carbocycles. The van der Waals surface area contributed by atoms with Crippen molar-refractivity contribution in [1.82, 2.24) is 15.3 Å². The van der Waals surface area contributed by atoms with Crippen molar-refractivity contribution in [2.24, 2.45) is 0 Å². The number of aromatic nitrogens is 2. The summed E-state index contributed by atoms with van der Waals surface area (Å²) in [4.78, 5) is 9.39. The summed E-state index contributed by atoms with van der Waals surface area (Å²) in [6, 6.07) is 37.2. The summed E-state index contributed by atoms with van der Waals surface area (Å²) in [5, 5.41) is 15.8. The Bertz CT molecular complexity index is 2000. The van der Waals surface area contributed by atoms with Crippen molar-refractivity contribution in [3.8, 4) is 0 Å². The van der Waals surface area contributed by atoms with Crippen molar-refractivity contribution < 1.29 is 13.5 Å². The molecule has 1 atom stereocenters. The van der Waals surface area contributed by atoms with Crippen LogP contribution in [0.25, 0.3) is 10.8 Å². The summed E-state index contributed by atoms with van der Waals surface area (Å²) in [6.07, 6.45) is 2.67.